The monoisotopic (exact) mass is 380 g/mol. The van der Waals surface area contributed by atoms with E-state index in [0.717, 1.165) is 31.4 Å². The van der Waals surface area contributed by atoms with Gasteiger partial charge in [0.25, 0.3) is 0 Å². The summed E-state index contributed by atoms with van der Waals surface area (Å²) in [4.78, 5) is 22.9. The standard InChI is InChI=1S/C23H40O4/c1-3-5-7-9-10-11-12-13-14-15-17-21-27-23(25)19-18-22(24)26-20-16-8-6-4-2/h6,8,18-19H,3-5,7,9-17,20-21H2,1-2H3/b8-6-,19-18+. The van der Waals surface area contributed by atoms with Crippen molar-refractivity contribution in [3.63, 3.8) is 0 Å². The fourth-order valence-electron chi connectivity index (χ4n) is 2.68. The van der Waals surface area contributed by atoms with Crippen LogP contribution in [0.5, 0.6) is 0 Å². The molecule has 0 aliphatic rings. The van der Waals surface area contributed by atoms with Gasteiger partial charge in [0, 0.05) is 12.2 Å². The van der Waals surface area contributed by atoms with E-state index in [4.69, 9.17) is 9.47 Å². The largest absolute Gasteiger partial charge is 0.463 e. The molecule has 0 rings (SSSR count). The number of hydrogen-bond donors (Lipinski definition) is 0. The van der Waals surface area contributed by atoms with Crippen molar-refractivity contribution in [2.24, 2.45) is 0 Å². The summed E-state index contributed by atoms with van der Waals surface area (Å²) in [5, 5.41) is 0. The smallest absolute Gasteiger partial charge is 0.331 e. The van der Waals surface area contributed by atoms with Crippen molar-refractivity contribution in [1.29, 1.82) is 0 Å². The van der Waals surface area contributed by atoms with E-state index in [1.807, 2.05) is 19.1 Å². The Morgan fingerprint density at radius 1 is 0.630 bits per heavy atom. The van der Waals surface area contributed by atoms with Crippen molar-refractivity contribution in [1.82, 2.24) is 0 Å². The number of carbonyl (C=O) groups excluding carboxylic acids is 2. The van der Waals surface area contributed by atoms with Gasteiger partial charge in [-0.2, -0.15) is 0 Å². The molecule has 0 heterocycles. The van der Waals surface area contributed by atoms with E-state index >= 15 is 0 Å². The second-order valence-electron chi connectivity index (χ2n) is 6.87. The molecule has 0 fully saturated rings. The van der Waals surface area contributed by atoms with E-state index < -0.39 is 11.9 Å². The van der Waals surface area contributed by atoms with Crippen LogP contribution in [0.3, 0.4) is 0 Å². The van der Waals surface area contributed by atoms with Gasteiger partial charge >= 0.3 is 11.9 Å². The van der Waals surface area contributed by atoms with Crippen LogP contribution >= 0.6 is 0 Å². The lowest BCUT2D eigenvalue weighted by Gasteiger charge is -2.03. The summed E-state index contributed by atoms with van der Waals surface area (Å²) in [5.41, 5.74) is 0. The highest BCUT2D eigenvalue weighted by molar-refractivity contribution is 5.91. The van der Waals surface area contributed by atoms with Crippen LogP contribution in [0.2, 0.25) is 0 Å². The summed E-state index contributed by atoms with van der Waals surface area (Å²) in [5.74, 6) is -0.989. The molecule has 0 spiro atoms. The predicted molar refractivity (Wildman–Crippen MR) is 112 cm³/mol. The van der Waals surface area contributed by atoms with Crippen molar-refractivity contribution in [2.75, 3.05) is 13.2 Å². The third-order valence-corrected chi connectivity index (χ3v) is 4.28. The maximum Gasteiger partial charge on any atom is 0.331 e. The number of esters is 2. The fourth-order valence-corrected chi connectivity index (χ4v) is 2.68. The molecule has 0 unspecified atom stereocenters. The number of rotatable bonds is 18. The number of carbonyl (C=O) groups is 2. The molecule has 0 aromatic rings. The van der Waals surface area contributed by atoms with Gasteiger partial charge in [0.2, 0.25) is 0 Å². The first-order valence-electron chi connectivity index (χ1n) is 10.9. The van der Waals surface area contributed by atoms with Crippen LogP contribution in [0.1, 0.15) is 97.3 Å². The number of unbranched alkanes of at least 4 members (excludes halogenated alkanes) is 10. The Kier molecular flexibility index (Phi) is 19.5. The van der Waals surface area contributed by atoms with Crippen LogP contribution in [-0.2, 0) is 19.1 Å². The van der Waals surface area contributed by atoms with Gasteiger partial charge in [-0.3, -0.25) is 0 Å². The van der Waals surface area contributed by atoms with E-state index in [-0.39, 0.29) is 0 Å². The minimum Gasteiger partial charge on any atom is -0.463 e. The highest BCUT2D eigenvalue weighted by Gasteiger charge is 2.01. The molecule has 4 heteroatoms. The Bertz CT molecular complexity index is 413. The third kappa shape index (κ3) is 20.6. The van der Waals surface area contributed by atoms with Gasteiger partial charge in [0.05, 0.1) is 13.2 Å². The van der Waals surface area contributed by atoms with Gasteiger partial charge < -0.3 is 9.47 Å². The number of ether oxygens (including phenoxy) is 2. The molecule has 0 aliphatic heterocycles. The molecule has 0 bridgehead atoms. The van der Waals surface area contributed by atoms with Crippen LogP contribution in [-0.4, -0.2) is 25.2 Å². The van der Waals surface area contributed by atoms with Crippen molar-refractivity contribution in [3.8, 4) is 0 Å². The van der Waals surface area contributed by atoms with Crippen molar-refractivity contribution >= 4 is 11.9 Å². The average molecular weight is 381 g/mol. The Morgan fingerprint density at radius 2 is 1.11 bits per heavy atom. The van der Waals surface area contributed by atoms with E-state index in [2.05, 4.69) is 6.92 Å². The van der Waals surface area contributed by atoms with E-state index in [1.54, 1.807) is 0 Å². The predicted octanol–water partition coefficient (Wildman–Crippen LogP) is 6.30. The first kappa shape index (κ1) is 25.4. The molecule has 0 saturated carbocycles. The first-order valence-corrected chi connectivity index (χ1v) is 10.9. The van der Waals surface area contributed by atoms with Crippen molar-refractivity contribution in [2.45, 2.75) is 97.3 Å². The minimum atomic E-state index is -0.508. The zero-order valence-electron chi connectivity index (χ0n) is 17.5. The summed E-state index contributed by atoms with van der Waals surface area (Å²) in [6.07, 6.45) is 21.8. The summed E-state index contributed by atoms with van der Waals surface area (Å²) in [6, 6.07) is 0. The molecule has 0 saturated heterocycles. The lowest BCUT2D eigenvalue weighted by atomic mass is 10.1. The van der Waals surface area contributed by atoms with Crippen LogP contribution in [0.4, 0.5) is 0 Å². The lowest BCUT2D eigenvalue weighted by molar-refractivity contribution is -0.140. The second-order valence-corrected chi connectivity index (χ2v) is 6.87. The van der Waals surface area contributed by atoms with Crippen molar-refractivity contribution < 1.29 is 19.1 Å². The van der Waals surface area contributed by atoms with Gasteiger partial charge in [-0.25, -0.2) is 9.59 Å². The molecule has 0 atom stereocenters. The van der Waals surface area contributed by atoms with Crippen molar-refractivity contribution in [3.05, 3.63) is 24.3 Å². The Morgan fingerprint density at radius 3 is 1.63 bits per heavy atom. The molecule has 156 valence electrons. The normalized spacial score (nSPS) is 11.3. The Balaban J connectivity index is 3.42. The van der Waals surface area contributed by atoms with E-state index in [0.29, 0.717) is 19.6 Å². The molecule has 27 heavy (non-hydrogen) atoms. The number of hydrogen-bond acceptors (Lipinski definition) is 4. The topological polar surface area (TPSA) is 52.6 Å². The van der Waals surface area contributed by atoms with Gasteiger partial charge in [-0.05, 0) is 19.3 Å². The zero-order chi connectivity index (χ0) is 20.0. The maximum atomic E-state index is 11.5. The van der Waals surface area contributed by atoms with Gasteiger partial charge in [-0.15, -0.1) is 0 Å². The molecule has 4 nitrogen and oxygen atoms in total. The lowest BCUT2D eigenvalue weighted by Crippen LogP contribution is -2.06. The molecular formula is C23H40O4. The molecule has 0 amide bonds. The molecule has 0 aromatic heterocycles. The third-order valence-electron chi connectivity index (χ3n) is 4.28. The zero-order valence-corrected chi connectivity index (χ0v) is 17.5. The molecule has 0 aliphatic carbocycles. The Hall–Kier alpha value is -1.58. The molecule has 0 N–H and O–H groups in total. The van der Waals surface area contributed by atoms with Crippen LogP contribution < -0.4 is 0 Å². The maximum absolute atomic E-state index is 11.5. The van der Waals surface area contributed by atoms with E-state index in [1.165, 1.54) is 57.8 Å². The Labute approximate surface area is 166 Å². The number of allylic oxidation sites excluding steroid dienone is 1. The highest BCUT2D eigenvalue weighted by atomic mass is 16.5. The first-order chi connectivity index (χ1) is 13.2. The van der Waals surface area contributed by atoms with E-state index in [9.17, 15) is 9.59 Å². The van der Waals surface area contributed by atoms with Crippen LogP contribution in [0.15, 0.2) is 24.3 Å². The SMILES string of the molecule is CC/C=C\CCOC(=O)/C=C/C(=O)OCCCCCCCCCCCCC. The van der Waals surface area contributed by atoms with Crippen LogP contribution in [0.25, 0.3) is 0 Å². The van der Waals surface area contributed by atoms with Gasteiger partial charge in [-0.1, -0.05) is 90.2 Å². The van der Waals surface area contributed by atoms with Gasteiger partial charge in [0.1, 0.15) is 0 Å². The molecular weight excluding hydrogens is 340 g/mol. The fraction of sp³-hybridized carbons (Fsp3) is 0.739. The molecule has 0 aromatic carbocycles. The summed E-state index contributed by atoms with van der Waals surface area (Å²) in [7, 11) is 0. The summed E-state index contributed by atoms with van der Waals surface area (Å²) >= 11 is 0. The highest BCUT2D eigenvalue weighted by Crippen LogP contribution is 2.11. The van der Waals surface area contributed by atoms with Gasteiger partial charge in [0.15, 0.2) is 0 Å². The minimum absolute atomic E-state index is 0.327. The summed E-state index contributed by atoms with van der Waals surface area (Å²) in [6.45, 7) is 5.04. The molecule has 0 radical (unpaired) electrons. The average Bonchev–Trinajstić information content (AvgIpc) is 2.67. The quantitative estimate of drug-likeness (QED) is 0.121. The van der Waals surface area contributed by atoms with Crippen LogP contribution in [0, 0.1) is 0 Å². The summed E-state index contributed by atoms with van der Waals surface area (Å²) < 4.78 is 10.1. The second kappa shape index (κ2) is 20.7.